The van der Waals surface area contributed by atoms with Crippen LogP contribution in [0.1, 0.15) is 27.7 Å². The fraction of sp³-hybridized carbons (Fsp3) is 0.263. The van der Waals surface area contributed by atoms with E-state index in [1.807, 2.05) is 54.3 Å². The molecule has 0 saturated carbocycles. The molecule has 0 aliphatic carbocycles. The summed E-state index contributed by atoms with van der Waals surface area (Å²) in [5, 5.41) is 2.67. The number of carbonyl (C=O) groups excluding carboxylic acids is 2. The second-order valence-corrected chi connectivity index (χ2v) is 5.96. The molecule has 0 radical (unpaired) electrons. The van der Waals surface area contributed by atoms with E-state index < -0.39 is 0 Å². The molecule has 2 aromatic carbocycles. The molecule has 1 unspecified atom stereocenters. The number of fused-ring (bicyclic) bond motifs is 1. The molecule has 1 heterocycles. The Bertz CT molecular complexity index is 788. The van der Waals surface area contributed by atoms with Crippen LogP contribution in [0.5, 0.6) is 0 Å². The third-order valence-electron chi connectivity index (χ3n) is 4.49. The smallest absolute Gasteiger partial charge is 0.257 e. The molecule has 1 aliphatic heterocycles. The Hall–Kier alpha value is -2.82. The quantitative estimate of drug-likeness (QED) is 0.943. The lowest BCUT2D eigenvalue weighted by Crippen LogP contribution is -2.50. The number of nitrogens with zero attached hydrogens (tertiary/aromatic N) is 2. The van der Waals surface area contributed by atoms with E-state index in [4.69, 9.17) is 0 Å². The zero-order chi connectivity index (χ0) is 17.3. The first kappa shape index (κ1) is 16.1. The van der Waals surface area contributed by atoms with Crippen molar-refractivity contribution in [3.05, 3.63) is 65.2 Å². The van der Waals surface area contributed by atoms with Gasteiger partial charge in [-0.2, -0.15) is 0 Å². The number of amides is 2. The van der Waals surface area contributed by atoms with Crippen LogP contribution in [-0.2, 0) is 4.79 Å². The molecule has 1 aliphatic rings. The number of para-hydroxylation sites is 1. The summed E-state index contributed by atoms with van der Waals surface area (Å²) in [6, 6.07) is 15.4. The van der Waals surface area contributed by atoms with Crippen molar-refractivity contribution < 1.29 is 9.59 Å². The maximum atomic E-state index is 12.8. The van der Waals surface area contributed by atoms with Gasteiger partial charge in [0.05, 0.1) is 17.8 Å². The second kappa shape index (κ2) is 6.35. The lowest BCUT2D eigenvalue weighted by molar-refractivity contribution is -0.119. The fourth-order valence-electron chi connectivity index (χ4n) is 3.21. The highest BCUT2D eigenvalue weighted by atomic mass is 16.2. The van der Waals surface area contributed by atoms with E-state index in [0.29, 0.717) is 5.56 Å². The van der Waals surface area contributed by atoms with E-state index in [2.05, 4.69) is 5.32 Å². The number of benzene rings is 2. The van der Waals surface area contributed by atoms with Gasteiger partial charge in [-0.15, -0.1) is 0 Å². The van der Waals surface area contributed by atoms with E-state index in [9.17, 15) is 9.59 Å². The van der Waals surface area contributed by atoms with Crippen molar-refractivity contribution in [1.29, 1.82) is 0 Å². The molecule has 0 spiro atoms. The first-order valence-electron chi connectivity index (χ1n) is 7.93. The summed E-state index contributed by atoms with van der Waals surface area (Å²) in [6.45, 7) is 2.20. The summed E-state index contributed by atoms with van der Waals surface area (Å²) in [5.41, 5.74) is 3.52. The Balaban J connectivity index is 2.16. The molecule has 5 nitrogen and oxygen atoms in total. The minimum atomic E-state index is -0.314. The topological polar surface area (TPSA) is 52.7 Å². The predicted octanol–water partition coefficient (Wildman–Crippen LogP) is 2.33. The van der Waals surface area contributed by atoms with E-state index in [0.717, 1.165) is 16.8 Å². The van der Waals surface area contributed by atoms with E-state index in [-0.39, 0.29) is 24.5 Å². The van der Waals surface area contributed by atoms with Crippen molar-refractivity contribution in [2.75, 3.05) is 25.5 Å². The van der Waals surface area contributed by atoms with Crippen LogP contribution in [0.25, 0.3) is 0 Å². The van der Waals surface area contributed by atoms with Crippen molar-refractivity contribution in [3.8, 4) is 0 Å². The fourth-order valence-corrected chi connectivity index (χ4v) is 3.21. The summed E-state index contributed by atoms with van der Waals surface area (Å²) in [4.78, 5) is 28.6. The van der Waals surface area contributed by atoms with Crippen LogP contribution in [0.3, 0.4) is 0 Å². The SMILES string of the molecule is CNC(=O)CN1c2ccccc2C(=O)N(C)C1c1ccccc1C. The van der Waals surface area contributed by atoms with Crippen molar-refractivity contribution in [1.82, 2.24) is 10.2 Å². The summed E-state index contributed by atoms with van der Waals surface area (Å²) >= 11 is 0. The predicted molar refractivity (Wildman–Crippen MR) is 93.9 cm³/mol. The molecule has 5 heteroatoms. The lowest BCUT2D eigenvalue weighted by Gasteiger charge is -2.44. The Labute approximate surface area is 141 Å². The van der Waals surface area contributed by atoms with Crippen molar-refractivity contribution in [2.24, 2.45) is 0 Å². The molecule has 1 N–H and O–H groups in total. The number of nitrogens with one attached hydrogen (secondary N) is 1. The third kappa shape index (κ3) is 2.62. The van der Waals surface area contributed by atoms with Gasteiger partial charge < -0.3 is 15.1 Å². The van der Waals surface area contributed by atoms with Gasteiger partial charge in [-0.25, -0.2) is 0 Å². The Morgan fingerprint density at radius 3 is 2.50 bits per heavy atom. The molecule has 0 saturated heterocycles. The van der Waals surface area contributed by atoms with Gasteiger partial charge in [-0.3, -0.25) is 9.59 Å². The zero-order valence-corrected chi connectivity index (χ0v) is 14.1. The van der Waals surface area contributed by atoms with Crippen LogP contribution < -0.4 is 10.2 Å². The summed E-state index contributed by atoms with van der Waals surface area (Å²) in [7, 11) is 3.40. The van der Waals surface area contributed by atoms with Gasteiger partial charge in [0.25, 0.3) is 5.91 Å². The molecular weight excluding hydrogens is 302 g/mol. The van der Waals surface area contributed by atoms with Gasteiger partial charge in [-0.1, -0.05) is 36.4 Å². The average molecular weight is 323 g/mol. The average Bonchev–Trinajstić information content (AvgIpc) is 2.60. The molecule has 2 amide bonds. The number of carbonyl (C=O) groups is 2. The summed E-state index contributed by atoms with van der Waals surface area (Å²) in [6.07, 6.45) is -0.314. The Morgan fingerprint density at radius 2 is 1.79 bits per heavy atom. The Kier molecular flexibility index (Phi) is 4.25. The van der Waals surface area contributed by atoms with Gasteiger partial charge >= 0.3 is 0 Å². The first-order chi connectivity index (χ1) is 11.5. The second-order valence-electron chi connectivity index (χ2n) is 5.96. The highest BCUT2D eigenvalue weighted by molar-refractivity contribution is 6.02. The van der Waals surface area contributed by atoms with Gasteiger partial charge in [0, 0.05) is 14.1 Å². The summed E-state index contributed by atoms with van der Waals surface area (Å²) < 4.78 is 0. The van der Waals surface area contributed by atoms with Crippen LogP contribution >= 0.6 is 0 Å². The molecule has 124 valence electrons. The van der Waals surface area contributed by atoms with Crippen LogP contribution in [0.15, 0.2) is 48.5 Å². The van der Waals surface area contributed by atoms with Crippen LogP contribution in [0.4, 0.5) is 5.69 Å². The molecule has 2 aromatic rings. The Morgan fingerprint density at radius 1 is 1.12 bits per heavy atom. The van der Waals surface area contributed by atoms with E-state index >= 15 is 0 Å². The first-order valence-corrected chi connectivity index (χ1v) is 7.93. The number of likely N-dealkylation sites (N-methyl/N-ethyl adjacent to an activating group) is 1. The van der Waals surface area contributed by atoms with E-state index in [1.54, 1.807) is 25.1 Å². The maximum absolute atomic E-state index is 12.8. The number of aryl methyl sites for hydroxylation is 1. The lowest BCUT2D eigenvalue weighted by atomic mass is 9.98. The van der Waals surface area contributed by atoms with Gasteiger partial charge in [0.2, 0.25) is 5.91 Å². The normalized spacial score (nSPS) is 16.8. The third-order valence-corrected chi connectivity index (χ3v) is 4.49. The number of anilines is 1. The number of rotatable bonds is 3. The number of hydrogen-bond donors (Lipinski definition) is 1. The monoisotopic (exact) mass is 323 g/mol. The molecule has 0 aromatic heterocycles. The molecule has 1 atom stereocenters. The van der Waals surface area contributed by atoms with E-state index in [1.165, 1.54) is 0 Å². The minimum Gasteiger partial charge on any atom is -0.358 e. The molecule has 3 rings (SSSR count). The van der Waals surface area contributed by atoms with Gasteiger partial charge in [0.1, 0.15) is 6.17 Å². The van der Waals surface area contributed by atoms with Crippen LogP contribution in [0, 0.1) is 6.92 Å². The van der Waals surface area contributed by atoms with Crippen molar-refractivity contribution in [3.63, 3.8) is 0 Å². The standard InChI is InChI=1S/C19H21N3O2/c1-13-8-4-5-9-14(13)18-21(3)19(24)15-10-6-7-11-16(15)22(18)12-17(23)20-2/h4-11,18H,12H2,1-3H3,(H,20,23). The molecule has 0 bridgehead atoms. The molecular formula is C19H21N3O2. The highest BCUT2D eigenvalue weighted by Crippen LogP contribution is 2.38. The molecule has 0 fully saturated rings. The van der Waals surface area contributed by atoms with Crippen molar-refractivity contribution in [2.45, 2.75) is 13.1 Å². The largest absolute Gasteiger partial charge is 0.358 e. The number of hydrogen-bond acceptors (Lipinski definition) is 3. The maximum Gasteiger partial charge on any atom is 0.257 e. The minimum absolute atomic E-state index is 0.0352. The van der Waals surface area contributed by atoms with Gasteiger partial charge in [-0.05, 0) is 30.2 Å². The summed E-state index contributed by atoms with van der Waals surface area (Å²) in [5.74, 6) is -0.127. The molecule has 24 heavy (non-hydrogen) atoms. The van der Waals surface area contributed by atoms with Crippen molar-refractivity contribution >= 4 is 17.5 Å². The highest BCUT2D eigenvalue weighted by Gasteiger charge is 2.37. The van der Waals surface area contributed by atoms with Gasteiger partial charge in [0.15, 0.2) is 0 Å². The van der Waals surface area contributed by atoms with Crippen LogP contribution in [0.2, 0.25) is 0 Å². The van der Waals surface area contributed by atoms with Crippen LogP contribution in [-0.4, -0.2) is 37.4 Å². The zero-order valence-electron chi connectivity index (χ0n) is 14.1.